The normalized spacial score (nSPS) is 13.8. The fourth-order valence-electron chi connectivity index (χ4n) is 3.13. The highest BCUT2D eigenvalue weighted by Crippen LogP contribution is 2.21. The molecule has 2 aromatic heterocycles. The molecule has 7 nitrogen and oxygen atoms in total. The van der Waals surface area contributed by atoms with Crippen molar-refractivity contribution >= 4 is 22.9 Å². The molecule has 0 radical (unpaired) electrons. The number of nitrogens with one attached hydrogen (secondary N) is 1. The van der Waals surface area contributed by atoms with Crippen LogP contribution in [-0.4, -0.2) is 50.9 Å². The first-order valence-electron chi connectivity index (χ1n) is 7.92. The van der Waals surface area contributed by atoms with E-state index in [1.807, 2.05) is 22.9 Å². The average molecular weight is 322 g/mol. The second kappa shape index (κ2) is 5.92. The number of fused-ring (bicyclic) bond motifs is 2. The third-order valence-electron chi connectivity index (χ3n) is 4.42. The first-order chi connectivity index (χ1) is 11.7. The topological polar surface area (TPSA) is 78.0 Å². The summed E-state index contributed by atoms with van der Waals surface area (Å²) in [5.41, 5.74) is 3.92. The predicted molar refractivity (Wildman–Crippen MR) is 90.5 cm³/mol. The highest BCUT2D eigenvalue weighted by atomic mass is 16.2. The number of nitrogens with zero attached hydrogens (tertiary/aromatic N) is 5. The van der Waals surface area contributed by atoms with Crippen molar-refractivity contribution in [3.63, 3.8) is 0 Å². The minimum Gasteiger partial charge on any atom is -0.348 e. The minimum atomic E-state index is 0.0956. The predicted octanol–water partition coefficient (Wildman–Crippen LogP) is 1.37. The number of aromatic nitrogens is 4. The molecule has 0 unspecified atom stereocenters. The van der Waals surface area contributed by atoms with Gasteiger partial charge in [-0.15, -0.1) is 0 Å². The van der Waals surface area contributed by atoms with Gasteiger partial charge in [-0.2, -0.15) is 0 Å². The summed E-state index contributed by atoms with van der Waals surface area (Å²) in [5, 5.41) is 0. The number of likely N-dealkylation sites (N-methyl/N-ethyl adjacent to an activating group) is 1. The summed E-state index contributed by atoms with van der Waals surface area (Å²) in [5.74, 6) is 0.779. The number of aromatic amines is 1. The number of anilines is 1. The zero-order valence-electron chi connectivity index (χ0n) is 13.4. The summed E-state index contributed by atoms with van der Waals surface area (Å²) in [6.45, 7) is 1.70. The standard InChI is InChI=1S/C17H18N6O/c1-22(17-15-16(19-10-18-15)20-11-21-17)9-14(24)23-7-6-12-4-2-3-5-13(12)8-23/h2-5,10-11H,6-9H2,1H3,(H,18,19,20,21). The number of hydrogen-bond acceptors (Lipinski definition) is 5. The van der Waals surface area contributed by atoms with Gasteiger partial charge < -0.3 is 14.8 Å². The monoisotopic (exact) mass is 322 g/mol. The summed E-state index contributed by atoms with van der Waals surface area (Å²) >= 11 is 0. The van der Waals surface area contributed by atoms with Crippen LogP contribution in [0.3, 0.4) is 0 Å². The van der Waals surface area contributed by atoms with Crippen LogP contribution in [-0.2, 0) is 17.8 Å². The lowest BCUT2D eigenvalue weighted by atomic mass is 10.00. The smallest absolute Gasteiger partial charge is 0.242 e. The second-order valence-corrected chi connectivity index (χ2v) is 5.99. The van der Waals surface area contributed by atoms with E-state index in [2.05, 4.69) is 38.1 Å². The molecule has 122 valence electrons. The van der Waals surface area contributed by atoms with E-state index in [9.17, 15) is 4.79 Å². The van der Waals surface area contributed by atoms with Crippen molar-refractivity contribution in [3.8, 4) is 0 Å². The molecular weight excluding hydrogens is 304 g/mol. The molecule has 7 heteroatoms. The van der Waals surface area contributed by atoms with Crippen LogP contribution in [0.15, 0.2) is 36.9 Å². The molecule has 1 aliphatic heterocycles. The van der Waals surface area contributed by atoms with Gasteiger partial charge in [0.05, 0.1) is 12.9 Å². The fraction of sp³-hybridized carbons (Fsp3) is 0.294. The van der Waals surface area contributed by atoms with Gasteiger partial charge in [-0.05, 0) is 17.5 Å². The third kappa shape index (κ3) is 2.58. The van der Waals surface area contributed by atoms with Gasteiger partial charge in [0.15, 0.2) is 11.5 Å². The maximum Gasteiger partial charge on any atom is 0.242 e. The SMILES string of the molecule is CN(CC(=O)N1CCc2ccccc2C1)c1ncnc2nc[nH]c12. The molecule has 0 atom stereocenters. The van der Waals surface area contributed by atoms with Gasteiger partial charge in [0.2, 0.25) is 5.91 Å². The molecule has 0 spiro atoms. The Kier molecular flexibility index (Phi) is 3.60. The zero-order valence-corrected chi connectivity index (χ0v) is 13.4. The molecule has 1 aliphatic rings. The number of hydrogen-bond donors (Lipinski definition) is 1. The highest BCUT2D eigenvalue weighted by molar-refractivity contribution is 5.87. The van der Waals surface area contributed by atoms with Crippen molar-refractivity contribution in [1.82, 2.24) is 24.8 Å². The van der Waals surface area contributed by atoms with E-state index in [0.29, 0.717) is 18.0 Å². The van der Waals surface area contributed by atoms with Crippen molar-refractivity contribution in [2.75, 3.05) is 25.0 Å². The van der Waals surface area contributed by atoms with Crippen LogP contribution in [0.2, 0.25) is 0 Å². The van der Waals surface area contributed by atoms with Crippen LogP contribution in [0.25, 0.3) is 11.2 Å². The van der Waals surface area contributed by atoms with Crippen molar-refractivity contribution in [3.05, 3.63) is 48.0 Å². The number of imidazole rings is 1. The molecule has 0 aliphatic carbocycles. The van der Waals surface area contributed by atoms with E-state index in [1.54, 1.807) is 6.33 Å². The van der Waals surface area contributed by atoms with E-state index < -0.39 is 0 Å². The van der Waals surface area contributed by atoms with Crippen molar-refractivity contribution < 1.29 is 4.79 Å². The van der Waals surface area contributed by atoms with Gasteiger partial charge in [-0.1, -0.05) is 24.3 Å². The molecule has 1 N–H and O–H groups in total. The van der Waals surface area contributed by atoms with Gasteiger partial charge >= 0.3 is 0 Å². The van der Waals surface area contributed by atoms with Crippen molar-refractivity contribution in [1.29, 1.82) is 0 Å². The summed E-state index contributed by atoms with van der Waals surface area (Å²) in [4.78, 5) is 32.0. The molecule has 24 heavy (non-hydrogen) atoms. The maximum atomic E-state index is 12.7. The fourth-order valence-corrected chi connectivity index (χ4v) is 3.13. The van der Waals surface area contributed by atoms with Crippen LogP contribution in [0, 0.1) is 0 Å². The minimum absolute atomic E-state index is 0.0956. The van der Waals surface area contributed by atoms with E-state index in [1.165, 1.54) is 17.5 Å². The molecule has 1 amide bonds. The Hall–Kier alpha value is -2.96. The largest absolute Gasteiger partial charge is 0.348 e. The van der Waals surface area contributed by atoms with Gasteiger partial charge in [-0.3, -0.25) is 4.79 Å². The lowest BCUT2D eigenvalue weighted by Crippen LogP contribution is -2.42. The van der Waals surface area contributed by atoms with E-state index in [0.717, 1.165) is 18.5 Å². The lowest BCUT2D eigenvalue weighted by Gasteiger charge is -2.30. The molecule has 0 saturated carbocycles. The van der Waals surface area contributed by atoms with Crippen LogP contribution >= 0.6 is 0 Å². The Bertz CT molecular complexity index is 889. The van der Waals surface area contributed by atoms with Crippen LogP contribution in [0.4, 0.5) is 5.82 Å². The quantitative estimate of drug-likeness (QED) is 0.788. The van der Waals surface area contributed by atoms with Crippen molar-refractivity contribution in [2.24, 2.45) is 0 Å². The Morgan fingerprint density at radius 1 is 1.25 bits per heavy atom. The third-order valence-corrected chi connectivity index (χ3v) is 4.42. The summed E-state index contributed by atoms with van der Waals surface area (Å²) in [6.07, 6.45) is 3.96. The number of benzene rings is 1. The number of H-pyrrole nitrogens is 1. The number of rotatable bonds is 3. The molecular formula is C17H18N6O. The van der Waals surface area contributed by atoms with Crippen LogP contribution < -0.4 is 4.90 Å². The Labute approximate surface area is 139 Å². The zero-order chi connectivity index (χ0) is 16.5. The first-order valence-corrected chi connectivity index (χ1v) is 7.92. The Balaban J connectivity index is 1.49. The van der Waals surface area contributed by atoms with Gasteiger partial charge in [0, 0.05) is 20.1 Å². The van der Waals surface area contributed by atoms with E-state index >= 15 is 0 Å². The van der Waals surface area contributed by atoms with E-state index in [4.69, 9.17) is 0 Å². The summed E-state index contributed by atoms with van der Waals surface area (Å²) in [6, 6.07) is 8.31. The molecule has 4 rings (SSSR count). The Morgan fingerprint density at radius 2 is 2.08 bits per heavy atom. The first kappa shape index (κ1) is 14.6. The maximum absolute atomic E-state index is 12.7. The molecule has 0 saturated heterocycles. The average Bonchev–Trinajstić information content (AvgIpc) is 3.09. The molecule has 0 bridgehead atoms. The molecule has 3 aromatic rings. The molecule has 3 heterocycles. The summed E-state index contributed by atoms with van der Waals surface area (Å²) < 4.78 is 0. The lowest BCUT2D eigenvalue weighted by molar-refractivity contribution is -0.130. The van der Waals surface area contributed by atoms with Crippen LogP contribution in [0.1, 0.15) is 11.1 Å². The number of amides is 1. The summed E-state index contributed by atoms with van der Waals surface area (Å²) in [7, 11) is 1.86. The Morgan fingerprint density at radius 3 is 2.96 bits per heavy atom. The highest BCUT2D eigenvalue weighted by Gasteiger charge is 2.22. The molecule has 1 aromatic carbocycles. The van der Waals surface area contributed by atoms with Crippen molar-refractivity contribution in [2.45, 2.75) is 13.0 Å². The number of carbonyl (C=O) groups excluding carboxylic acids is 1. The van der Waals surface area contributed by atoms with Gasteiger partial charge in [-0.25, -0.2) is 15.0 Å². The second-order valence-electron chi connectivity index (χ2n) is 5.99. The van der Waals surface area contributed by atoms with Gasteiger partial charge in [0.1, 0.15) is 11.8 Å². The van der Waals surface area contributed by atoms with Crippen LogP contribution in [0.5, 0.6) is 0 Å². The molecule has 0 fully saturated rings. The van der Waals surface area contributed by atoms with E-state index in [-0.39, 0.29) is 12.5 Å². The van der Waals surface area contributed by atoms with Gasteiger partial charge in [0.25, 0.3) is 0 Å². The number of carbonyl (C=O) groups is 1.